The van der Waals surface area contributed by atoms with Crippen molar-refractivity contribution < 1.29 is 9.84 Å². The highest BCUT2D eigenvalue weighted by atomic mass is 16.5. The molecule has 90 valence electrons. The molecule has 2 aromatic rings. The van der Waals surface area contributed by atoms with E-state index in [0.29, 0.717) is 5.82 Å². The Labute approximate surface area is 100 Å². The SMILES string of the molecule is CCn1ccnc1C(O)COc1ccccc1. The topological polar surface area (TPSA) is 47.3 Å². The normalized spacial score (nSPS) is 12.4. The summed E-state index contributed by atoms with van der Waals surface area (Å²) in [5.74, 6) is 1.39. The fourth-order valence-electron chi connectivity index (χ4n) is 1.65. The summed E-state index contributed by atoms with van der Waals surface area (Å²) in [5.41, 5.74) is 0. The first-order valence-electron chi connectivity index (χ1n) is 5.68. The molecule has 0 radical (unpaired) electrons. The van der Waals surface area contributed by atoms with Crippen LogP contribution in [0.25, 0.3) is 0 Å². The van der Waals surface area contributed by atoms with Gasteiger partial charge in [-0.15, -0.1) is 0 Å². The van der Waals surface area contributed by atoms with Gasteiger partial charge in [-0.25, -0.2) is 4.98 Å². The number of hydrogen-bond donors (Lipinski definition) is 1. The molecule has 0 aliphatic heterocycles. The number of imidazole rings is 1. The number of ether oxygens (including phenoxy) is 1. The van der Waals surface area contributed by atoms with Crippen LogP contribution in [-0.4, -0.2) is 21.3 Å². The van der Waals surface area contributed by atoms with Crippen molar-refractivity contribution in [3.05, 3.63) is 48.5 Å². The van der Waals surface area contributed by atoms with E-state index in [1.165, 1.54) is 0 Å². The maximum atomic E-state index is 9.97. The number of aromatic nitrogens is 2. The lowest BCUT2D eigenvalue weighted by atomic mass is 10.3. The van der Waals surface area contributed by atoms with Crippen LogP contribution in [0.3, 0.4) is 0 Å². The van der Waals surface area contributed by atoms with E-state index < -0.39 is 6.10 Å². The Kier molecular flexibility index (Phi) is 3.77. The summed E-state index contributed by atoms with van der Waals surface area (Å²) in [6, 6.07) is 9.44. The Morgan fingerprint density at radius 3 is 2.82 bits per heavy atom. The Bertz CT molecular complexity index is 453. The van der Waals surface area contributed by atoms with E-state index in [2.05, 4.69) is 4.98 Å². The molecule has 1 aromatic carbocycles. The zero-order chi connectivity index (χ0) is 12.1. The lowest BCUT2D eigenvalue weighted by Gasteiger charge is -2.13. The molecule has 0 aliphatic carbocycles. The number of hydrogen-bond acceptors (Lipinski definition) is 3. The van der Waals surface area contributed by atoms with Crippen molar-refractivity contribution in [3.8, 4) is 5.75 Å². The average molecular weight is 232 g/mol. The molecule has 17 heavy (non-hydrogen) atoms. The van der Waals surface area contributed by atoms with Crippen LogP contribution in [0.5, 0.6) is 5.75 Å². The monoisotopic (exact) mass is 232 g/mol. The molecule has 0 saturated heterocycles. The molecule has 0 bridgehead atoms. The van der Waals surface area contributed by atoms with Gasteiger partial charge >= 0.3 is 0 Å². The molecular formula is C13H16N2O2. The summed E-state index contributed by atoms with van der Waals surface area (Å²) in [6.07, 6.45) is 2.83. The van der Waals surface area contributed by atoms with Crippen molar-refractivity contribution in [3.63, 3.8) is 0 Å². The van der Waals surface area contributed by atoms with Gasteiger partial charge in [-0.2, -0.15) is 0 Å². The first kappa shape index (κ1) is 11.7. The molecule has 0 amide bonds. The number of aliphatic hydroxyl groups excluding tert-OH is 1. The second kappa shape index (κ2) is 5.50. The van der Waals surface area contributed by atoms with Crippen molar-refractivity contribution in [2.45, 2.75) is 19.6 Å². The van der Waals surface area contributed by atoms with E-state index >= 15 is 0 Å². The molecule has 4 heteroatoms. The van der Waals surface area contributed by atoms with Crippen LogP contribution in [0.1, 0.15) is 18.9 Å². The van der Waals surface area contributed by atoms with Crippen LogP contribution in [0, 0.1) is 0 Å². The van der Waals surface area contributed by atoms with E-state index in [1.54, 1.807) is 6.20 Å². The minimum atomic E-state index is -0.704. The van der Waals surface area contributed by atoms with Crippen LogP contribution < -0.4 is 4.74 Å². The second-order valence-corrected chi connectivity index (χ2v) is 3.71. The van der Waals surface area contributed by atoms with E-state index in [0.717, 1.165) is 12.3 Å². The predicted molar refractivity (Wildman–Crippen MR) is 64.8 cm³/mol. The molecule has 0 saturated carbocycles. The van der Waals surface area contributed by atoms with Crippen LogP contribution in [0.15, 0.2) is 42.7 Å². The van der Waals surface area contributed by atoms with Crippen LogP contribution in [0.2, 0.25) is 0 Å². The maximum absolute atomic E-state index is 9.97. The Hall–Kier alpha value is -1.81. The minimum Gasteiger partial charge on any atom is -0.490 e. The first-order chi connectivity index (χ1) is 8.31. The third kappa shape index (κ3) is 2.85. The standard InChI is InChI=1S/C13H16N2O2/c1-2-15-9-8-14-13(15)12(16)10-17-11-6-4-3-5-7-11/h3-9,12,16H,2,10H2,1H3. The van der Waals surface area contributed by atoms with Gasteiger partial charge in [0.15, 0.2) is 0 Å². The third-order valence-electron chi connectivity index (χ3n) is 2.54. The molecule has 1 atom stereocenters. The molecular weight excluding hydrogens is 216 g/mol. The van der Waals surface area contributed by atoms with Gasteiger partial charge in [-0.3, -0.25) is 0 Å². The van der Waals surface area contributed by atoms with Gasteiger partial charge in [0.2, 0.25) is 0 Å². The highest BCUT2D eigenvalue weighted by Gasteiger charge is 2.13. The summed E-state index contributed by atoms with van der Waals surface area (Å²) in [6.45, 7) is 3.01. The summed E-state index contributed by atoms with van der Waals surface area (Å²) < 4.78 is 7.39. The fourth-order valence-corrected chi connectivity index (χ4v) is 1.65. The zero-order valence-corrected chi connectivity index (χ0v) is 9.78. The van der Waals surface area contributed by atoms with Crippen LogP contribution in [-0.2, 0) is 6.54 Å². The number of aryl methyl sites for hydroxylation is 1. The zero-order valence-electron chi connectivity index (χ0n) is 9.78. The Morgan fingerprint density at radius 2 is 2.12 bits per heavy atom. The summed E-state index contributed by atoms with van der Waals surface area (Å²) in [4.78, 5) is 4.13. The van der Waals surface area contributed by atoms with Crippen molar-refractivity contribution in [1.29, 1.82) is 0 Å². The van der Waals surface area contributed by atoms with E-state index in [9.17, 15) is 5.11 Å². The Morgan fingerprint density at radius 1 is 1.35 bits per heavy atom. The summed E-state index contributed by atoms with van der Waals surface area (Å²) >= 11 is 0. The molecule has 0 fully saturated rings. The van der Waals surface area contributed by atoms with Gasteiger partial charge in [-0.1, -0.05) is 18.2 Å². The van der Waals surface area contributed by atoms with Crippen LogP contribution in [0.4, 0.5) is 0 Å². The minimum absolute atomic E-state index is 0.209. The predicted octanol–water partition coefficient (Wildman–Crippen LogP) is 2.02. The van der Waals surface area contributed by atoms with Crippen molar-refractivity contribution in [2.75, 3.05) is 6.61 Å². The lowest BCUT2D eigenvalue weighted by Crippen LogP contribution is -2.15. The number of benzene rings is 1. The van der Waals surface area contributed by atoms with Crippen molar-refractivity contribution >= 4 is 0 Å². The number of aliphatic hydroxyl groups is 1. The molecule has 1 heterocycles. The molecule has 1 unspecified atom stereocenters. The highest BCUT2D eigenvalue weighted by Crippen LogP contribution is 2.14. The molecule has 1 N–H and O–H groups in total. The van der Waals surface area contributed by atoms with Gasteiger partial charge in [0.1, 0.15) is 24.3 Å². The van der Waals surface area contributed by atoms with Gasteiger partial charge in [-0.05, 0) is 19.1 Å². The molecule has 2 rings (SSSR count). The smallest absolute Gasteiger partial charge is 0.146 e. The first-order valence-corrected chi connectivity index (χ1v) is 5.68. The van der Waals surface area contributed by atoms with Gasteiger partial charge in [0.05, 0.1) is 0 Å². The molecule has 0 aliphatic rings. The fraction of sp³-hybridized carbons (Fsp3) is 0.308. The second-order valence-electron chi connectivity index (χ2n) is 3.71. The summed E-state index contributed by atoms with van der Waals surface area (Å²) in [7, 11) is 0. The average Bonchev–Trinajstić information content (AvgIpc) is 2.85. The highest BCUT2D eigenvalue weighted by molar-refractivity contribution is 5.21. The van der Waals surface area contributed by atoms with E-state index in [-0.39, 0.29) is 6.61 Å². The van der Waals surface area contributed by atoms with Crippen LogP contribution >= 0.6 is 0 Å². The largest absolute Gasteiger partial charge is 0.490 e. The van der Waals surface area contributed by atoms with E-state index in [1.807, 2.05) is 48.0 Å². The van der Waals surface area contributed by atoms with Crippen molar-refractivity contribution in [1.82, 2.24) is 9.55 Å². The quantitative estimate of drug-likeness (QED) is 0.857. The van der Waals surface area contributed by atoms with E-state index in [4.69, 9.17) is 4.74 Å². The number of nitrogens with zero attached hydrogens (tertiary/aromatic N) is 2. The third-order valence-corrected chi connectivity index (χ3v) is 2.54. The lowest BCUT2D eigenvalue weighted by molar-refractivity contribution is 0.0976. The molecule has 4 nitrogen and oxygen atoms in total. The summed E-state index contributed by atoms with van der Waals surface area (Å²) in [5, 5.41) is 9.97. The Balaban J connectivity index is 1.96. The van der Waals surface area contributed by atoms with Gasteiger partial charge in [0.25, 0.3) is 0 Å². The number of rotatable bonds is 5. The molecule has 1 aromatic heterocycles. The van der Waals surface area contributed by atoms with Gasteiger partial charge < -0.3 is 14.4 Å². The van der Waals surface area contributed by atoms with Crippen molar-refractivity contribution in [2.24, 2.45) is 0 Å². The van der Waals surface area contributed by atoms with Gasteiger partial charge in [0, 0.05) is 18.9 Å². The molecule has 0 spiro atoms. The number of para-hydroxylation sites is 1. The maximum Gasteiger partial charge on any atom is 0.146 e.